The molecule has 5 nitrogen and oxygen atoms in total. The van der Waals surface area contributed by atoms with Crippen LogP contribution >= 0.6 is 0 Å². The first-order valence-corrected chi connectivity index (χ1v) is 4.89. The number of hydrogen-bond donors (Lipinski definition) is 1. The topological polar surface area (TPSA) is 59.3 Å². The zero-order chi connectivity index (χ0) is 11.4. The summed E-state index contributed by atoms with van der Waals surface area (Å²) in [4.78, 5) is 19.8. The molecule has 1 N–H and O–H groups in total. The standard InChI is InChI=1S/C10H16N4O/c1-5-6-12-9-8(7(2)15)14(4)10(11-3)13-9/h6H,5H2,1-4H3,(H,11,13)/b12-6-. The number of imidazole rings is 1. The van der Waals surface area contributed by atoms with E-state index in [1.165, 1.54) is 6.92 Å². The van der Waals surface area contributed by atoms with E-state index in [9.17, 15) is 4.79 Å². The van der Waals surface area contributed by atoms with Crippen LogP contribution in [0, 0.1) is 0 Å². The van der Waals surface area contributed by atoms with Crippen LogP contribution in [0.2, 0.25) is 0 Å². The Morgan fingerprint density at radius 2 is 2.33 bits per heavy atom. The van der Waals surface area contributed by atoms with E-state index in [4.69, 9.17) is 0 Å². The summed E-state index contributed by atoms with van der Waals surface area (Å²) in [5, 5.41) is 2.91. The van der Waals surface area contributed by atoms with Crippen molar-refractivity contribution in [2.75, 3.05) is 12.4 Å². The average Bonchev–Trinajstić information content (AvgIpc) is 2.51. The van der Waals surface area contributed by atoms with Crippen molar-refractivity contribution < 1.29 is 4.79 Å². The maximum absolute atomic E-state index is 11.4. The predicted molar refractivity (Wildman–Crippen MR) is 61.2 cm³/mol. The molecule has 15 heavy (non-hydrogen) atoms. The Morgan fingerprint density at radius 3 is 2.80 bits per heavy atom. The Morgan fingerprint density at radius 1 is 1.67 bits per heavy atom. The number of anilines is 1. The third-order valence-electron chi connectivity index (χ3n) is 2.03. The molecule has 0 aromatic carbocycles. The summed E-state index contributed by atoms with van der Waals surface area (Å²) >= 11 is 0. The predicted octanol–water partition coefficient (Wildman–Crippen LogP) is 1.78. The first kappa shape index (κ1) is 11.4. The van der Waals surface area contributed by atoms with E-state index in [0.29, 0.717) is 17.5 Å². The summed E-state index contributed by atoms with van der Waals surface area (Å²) in [6, 6.07) is 0. The number of nitrogens with zero attached hydrogens (tertiary/aromatic N) is 3. The van der Waals surface area contributed by atoms with Crippen molar-refractivity contribution in [2.45, 2.75) is 20.3 Å². The maximum Gasteiger partial charge on any atom is 0.204 e. The van der Waals surface area contributed by atoms with Gasteiger partial charge in [-0.1, -0.05) is 6.92 Å². The van der Waals surface area contributed by atoms with Crippen LogP contribution < -0.4 is 5.32 Å². The van der Waals surface area contributed by atoms with E-state index < -0.39 is 0 Å². The lowest BCUT2D eigenvalue weighted by Gasteiger charge is -2.01. The number of nitrogens with one attached hydrogen (secondary N) is 1. The molecule has 0 unspecified atom stereocenters. The minimum atomic E-state index is -0.0326. The van der Waals surface area contributed by atoms with Crippen molar-refractivity contribution in [3.8, 4) is 0 Å². The lowest BCUT2D eigenvalue weighted by molar-refractivity contribution is 0.101. The molecule has 0 radical (unpaired) electrons. The molecule has 1 aromatic heterocycles. The van der Waals surface area contributed by atoms with Gasteiger partial charge in [0.05, 0.1) is 0 Å². The van der Waals surface area contributed by atoms with Crippen LogP contribution in [0.5, 0.6) is 0 Å². The van der Waals surface area contributed by atoms with E-state index in [2.05, 4.69) is 15.3 Å². The Hall–Kier alpha value is -1.65. The molecule has 1 aromatic rings. The van der Waals surface area contributed by atoms with Crippen LogP contribution in [0.25, 0.3) is 0 Å². The molecule has 0 aliphatic heterocycles. The molecule has 0 aliphatic carbocycles. The molecule has 0 bridgehead atoms. The minimum Gasteiger partial charge on any atom is -0.359 e. The van der Waals surface area contributed by atoms with Crippen LogP contribution in [-0.2, 0) is 7.05 Å². The molecular formula is C10H16N4O. The number of hydrogen-bond acceptors (Lipinski definition) is 4. The van der Waals surface area contributed by atoms with Crippen molar-refractivity contribution in [2.24, 2.45) is 12.0 Å². The van der Waals surface area contributed by atoms with Gasteiger partial charge in [-0.2, -0.15) is 4.98 Å². The smallest absolute Gasteiger partial charge is 0.204 e. The number of ketones is 1. The number of carbonyl (C=O) groups excluding carboxylic acids is 1. The molecule has 1 heterocycles. The highest BCUT2D eigenvalue weighted by Gasteiger charge is 2.16. The molecule has 0 saturated heterocycles. The summed E-state index contributed by atoms with van der Waals surface area (Å²) in [5.74, 6) is 1.09. The van der Waals surface area contributed by atoms with Crippen LogP contribution in [0.1, 0.15) is 30.8 Å². The van der Waals surface area contributed by atoms with Crippen molar-refractivity contribution in [1.82, 2.24) is 9.55 Å². The van der Waals surface area contributed by atoms with Gasteiger partial charge in [0.15, 0.2) is 11.6 Å². The first-order valence-electron chi connectivity index (χ1n) is 4.89. The second-order valence-corrected chi connectivity index (χ2v) is 3.19. The van der Waals surface area contributed by atoms with Gasteiger partial charge in [0.25, 0.3) is 0 Å². The van der Waals surface area contributed by atoms with Gasteiger partial charge < -0.3 is 9.88 Å². The fraction of sp³-hybridized carbons (Fsp3) is 0.500. The lowest BCUT2D eigenvalue weighted by atomic mass is 10.3. The van der Waals surface area contributed by atoms with Crippen LogP contribution in [-0.4, -0.2) is 28.6 Å². The van der Waals surface area contributed by atoms with Crippen molar-refractivity contribution >= 4 is 23.8 Å². The highest BCUT2D eigenvalue weighted by atomic mass is 16.1. The van der Waals surface area contributed by atoms with Crippen LogP contribution in [0.4, 0.5) is 11.8 Å². The largest absolute Gasteiger partial charge is 0.359 e. The molecule has 82 valence electrons. The third-order valence-corrected chi connectivity index (χ3v) is 2.03. The Labute approximate surface area is 89.2 Å². The van der Waals surface area contributed by atoms with Gasteiger partial charge in [0, 0.05) is 27.2 Å². The highest BCUT2D eigenvalue weighted by Crippen LogP contribution is 2.22. The summed E-state index contributed by atoms with van der Waals surface area (Å²) in [6.07, 6.45) is 2.57. The van der Waals surface area contributed by atoms with Crippen molar-refractivity contribution in [1.29, 1.82) is 0 Å². The SMILES string of the molecule is CC/C=N\c1nc(NC)n(C)c1C(C)=O. The summed E-state index contributed by atoms with van der Waals surface area (Å²) in [6.45, 7) is 3.50. The summed E-state index contributed by atoms with van der Waals surface area (Å²) < 4.78 is 1.71. The molecular weight excluding hydrogens is 192 g/mol. The second-order valence-electron chi connectivity index (χ2n) is 3.19. The van der Waals surface area contributed by atoms with Gasteiger partial charge >= 0.3 is 0 Å². The molecule has 0 fully saturated rings. The molecule has 0 spiro atoms. The average molecular weight is 208 g/mol. The number of aromatic nitrogens is 2. The molecule has 0 saturated carbocycles. The van der Waals surface area contributed by atoms with Crippen LogP contribution in [0.15, 0.2) is 4.99 Å². The maximum atomic E-state index is 11.4. The monoisotopic (exact) mass is 208 g/mol. The van der Waals surface area contributed by atoms with Gasteiger partial charge in [-0.15, -0.1) is 0 Å². The minimum absolute atomic E-state index is 0.0326. The van der Waals surface area contributed by atoms with Crippen molar-refractivity contribution in [3.05, 3.63) is 5.69 Å². The normalized spacial score (nSPS) is 10.9. The van der Waals surface area contributed by atoms with Gasteiger partial charge in [-0.3, -0.25) is 4.79 Å². The van der Waals surface area contributed by atoms with Gasteiger partial charge in [0.2, 0.25) is 5.95 Å². The molecule has 0 amide bonds. The first-order chi connectivity index (χ1) is 7.11. The highest BCUT2D eigenvalue weighted by molar-refractivity contribution is 5.97. The molecule has 0 aliphatic rings. The number of aliphatic imine (C=N–C) groups is 1. The van der Waals surface area contributed by atoms with E-state index in [1.54, 1.807) is 24.9 Å². The van der Waals surface area contributed by atoms with E-state index >= 15 is 0 Å². The molecule has 1 rings (SSSR count). The molecule has 0 atom stereocenters. The zero-order valence-corrected chi connectivity index (χ0v) is 9.53. The third kappa shape index (κ3) is 2.23. The van der Waals surface area contributed by atoms with Gasteiger partial charge in [-0.25, -0.2) is 4.99 Å². The quantitative estimate of drug-likeness (QED) is 0.606. The van der Waals surface area contributed by atoms with Gasteiger partial charge in [-0.05, 0) is 6.42 Å². The number of carbonyl (C=O) groups is 1. The fourth-order valence-electron chi connectivity index (χ4n) is 1.37. The van der Waals surface area contributed by atoms with E-state index in [-0.39, 0.29) is 5.78 Å². The van der Waals surface area contributed by atoms with Gasteiger partial charge in [0.1, 0.15) is 5.69 Å². The summed E-state index contributed by atoms with van der Waals surface area (Å²) in [5.41, 5.74) is 0.532. The lowest BCUT2D eigenvalue weighted by Crippen LogP contribution is -2.05. The summed E-state index contributed by atoms with van der Waals surface area (Å²) in [7, 11) is 3.56. The number of rotatable bonds is 4. The Kier molecular flexibility index (Phi) is 3.60. The Bertz CT molecular complexity index is 392. The van der Waals surface area contributed by atoms with E-state index in [0.717, 1.165) is 6.42 Å². The Balaban J connectivity index is 3.24. The molecule has 5 heteroatoms. The van der Waals surface area contributed by atoms with Crippen LogP contribution in [0.3, 0.4) is 0 Å². The fourth-order valence-corrected chi connectivity index (χ4v) is 1.37. The van der Waals surface area contributed by atoms with Crippen molar-refractivity contribution in [3.63, 3.8) is 0 Å². The zero-order valence-electron chi connectivity index (χ0n) is 9.53. The van der Waals surface area contributed by atoms with E-state index in [1.807, 2.05) is 6.92 Å². The number of Topliss-reactive ketones (excluding diaryl/α,β-unsaturated/α-hetero) is 1. The second kappa shape index (κ2) is 4.72.